The smallest absolute Gasteiger partial charge is 0.252 e. The lowest BCUT2D eigenvalue weighted by Crippen LogP contribution is -2.59. The molecule has 0 unspecified atom stereocenters. The molecule has 78 heavy (non-hydrogen) atoms. The molecule has 4 heteroatoms. The van der Waals surface area contributed by atoms with E-state index in [0.717, 1.165) is 5.69 Å². The van der Waals surface area contributed by atoms with Crippen LogP contribution in [0.5, 0.6) is 0 Å². The van der Waals surface area contributed by atoms with Gasteiger partial charge in [0.1, 0.15) is 0 Å². The summed E-state index contributed by atoms with van der Waals surface area (Å²) >= 11 is 0. The van der Waals surface area contributed by atoms with Gasteiger partial charge in [0.2, 0.25) is 0 Å². The van der Waals surface area contributed by atoms with Crippen molar-refractivity contribution in [2.24, 2.45) is 0 Å². The molecule has 0 bridgehead atoms. The van der Waals surface area contributed by atoms with Gasteiger partial charge in [-0.1, -0.05) is 194 Å². The minimum atomic E-state index is -0.0434. The van der Waals surface area contributed by atoms with Crippen LogP contribution < -0.4 is 16.4 Å². The molecule has 0 saturated heterocycles. The van der Waals surface area contributed by atoms with Crippen LogP contribution in [0.1, 0.15) is 0 Å². The van der Waals surface area contributed by atoms with Gasteiger partial charge in [-0.2, -0.15) is 0 Å². The zero-order valence-electron chi connectivity index (χ0n) is 42.0. The zero-order valence-corrected chi connectivity index (χ0v) is 42.0. The Bertz CT molecular complexity index is 5400. The van der Waals surface area contributed by atoms with Gasteiger partial charge >= 0.3 is 0 Å². The first-order chi connectivity index (χ1) is 38.7. The summed E-state index contributed by atoms with van der Waals surface area (Å²) < 4.78 is 7.96. The largest absolute Gasteiger partial charge is 0.310 e. The van der Waals surface area contributed by atoms with Gasteiger partial charge < -0.3 is 13.7 Å². The lowest BCUT2D eigenvalue weighted by molar-refractivity contribution is 1.10. The monoisotopic (exact) mass is 981 g/mol. The Labute approximate surface area is 447 Å². The van der Waals surface area contributed by atoms with Gasteiger partial charge in [0, 0.05) is 43.7 Å². The first kappa shape index (κ1) is 40.2. The van der Waals surface area contributed by atoms with Gasteiger partial charge in [0.05, 0.1) is 38.8 Å². The second-order valence-electron chi connectivity index (χ2n) is 22.2. The van der Waals surface area contributed by atoms with Crippen LogP contribution >= 0.6 is 0 Å². The second kappa shape index (κ2) is 14.0. The van der Waals surface area contributed by atoms with E-state index in [4.69, 9.17) is 0 Å². The van der Waals surface area contributed by atoms with Crippen molar-refractivity contribution in [1.82, 2.24) is 13.7 Å². The summed E-state index contributed by atoms with van der Waals surface area (Å²) in [6.07, 6.45) is 0. The highest BCUT2D eigenvalue weighted by Crippen LogP contribution is 2.53. The highest BCUT2D eigenvalue weighted by atomic mass is 15.1. The molecular formula is C74H40BN3. The normalized spacial score (nSPS) is 13.1. The van der Waals surface area contributed by atoms with Crippen LogP contribution in [0.15, 0.2) is 243 Å². The fraction of sp³-hybridized carbons (Fsp3) is 0. The minimum Gasteiger partial charge on any atom is -0.310 e. The number of fused-ring (bicyclic) bond motifs is 15. The van der Waals surface area contributed by atoms with E-state index in [9.17, 15) is 0 Å². The van der Waals surface area contributed by atoms with Crippen LogP contribution in [-0.4, -0.2) is 20.4 Å². The third kappa shape index (κ3) is 4.73. The van der Waals surface area contributed by atoms with E-state index in [1.165, 1.54) is 181 Å². The lowest BCUT2D eigenvalue weighted by atomic mass is 9.34. The average Bonchev–Trinajstić information content (AvgIpc) is 3.58. The van der Waals surface area contributed by atoms with E-state index in [2.05, 4.69) is 256 Å². The second-order valence-corrected chi connectivity index (χ2v) is 22.2. The third-order valence-corrected chi connectivity index (χ3v) is 18.6. The topological polar surface area (TPSA) is 14.8 Å². The maximum absolute atomic E-state index is 2.69. The van der Waals surface area contributed by atoms with Crippen molar-refractivity contribution in [2.45, 2.75) is 0 Å². The van der Waals surface area contributed by atoms with Crippen molar-refractivity contribution >= 4 is 110 Å². The number of nitrogens with zero attached hydrogens (tertiary/aromatic N) is 3. The fourth-order valence-electron chi connectivity index (χ4n) is 15.7. The van der Waals surface area contributed by atoms with Gasteiger partial charge in [0.25, 0.3) is 6.71 Å². The summed E-state index contributed by atoms with van der Waals surface area (Å²) in [6, 6.07) is 92.6. The molecule has 5 heterocycles. The van der Waals surface area contributed by atoms with Gasteiger partial charge in [-0.3, -0.25) is 0 Å². The molecule has 2 aliphatic heterocycles. The summed E-state index contributed by atoms with van der Waals surface area (Å²) in [7, 11) is 0. The number of aromatic nitrogens is 3. The van der Waals surface area contributed by atoms with E-state index in [0.29, 0.717) is 0 Å². The standard InChI is InChI=1S/C74H40BN3/c1-3-14-41(15-4-1)44-29-33-60-56(36-44)57-37-45(42-16-5-2-6-17-42)30-34-61(57)76(60)47-39-64-72-65(40-47)78-63-35-28-43-18-11-24-52-49-21-8-10-23-51(49)55-31-32-58(73(78)69(55)70(63)66(43)52)75(72)59-38-46-19-12-25-53-48-20-7-9-22-50(48)54-26-13-27-62-68(54)71(67(46)53)74(59)77(62)64/h1-40H. The van der Waals surface area contributed by atoms with Gasteiger partial charge in [-0.15, -0.1) is 0 Å². The van der Waals surface area contributed by atoms with Gasteiger partial charge in [0.15, 0.2) is 0 Å². The Morgan fingerprint density at radius 1 is 0.256 bits per heavy atom. The van der Waals surface area contributed by atoms with Crippen LogP contribution in [0.25, 0.3) is 171 Å². The molecule has 16 aromatic rings. The predicted molar refractivity (Wildman–Crippen MR) is 329 cm³/mol. The van der Waals surface area contributed by atoms with Gasteiger partial charge in [-0.25, -0.2) is 0 Å². The number of benzene rings is 13. The summed E-state index contributed by atoms with van der Waals surface area (Å²) in [5, 5.41) is 13.1. The van der Waals surface area contributed by atoms with Crippen molar-refractivity contribution in [3.05, 3.63) is 243 Å². The molecule has 4 aliphatic rings. The van der Waals surface area contributed by atoms with Crippen molar-refractivity contribution in [3.63, 3.8) is 0 Å². The number of rotatable bonds is 3. The quantitative estimate of drug-likeness (QED) is 0.157. The molecule has 0 saturated carbocycles. The highest BCUT2D eigenvalue weighted by Gasteiger charge is 2.44. The lowest BCUT2D eigenvalue weighted by Gasteiger charge is -2.35. The Hall–Kier alpha value is -10.2. The Balaban J connectivity index is 0.991. The molecule has 0 radical (unpaired) electrons. The van der Waals surface area contributed by atoms with Crippen molar-refractivity contribution < 1.29 is 0 Å². The average molecular weight is 982 g/mol. The van der Waals surface area contributed by atoms with E-state index >= 15 is 0 Å². The summed E-state index contributed by atoms with van der Waals surface area (Å²) in [5.41, 5.74) is 30.4. The highest BCUT2D eigenvalue weighted by molar-refractivity contribution is 7.00. The number of hydrogen-bond acceptors (Lipinski definition) is 0. The van der Waals surface area contributed by atoms with E-state index in [1.54, 1.807) is 0 Å². The Kier molecular flexibility index (Phi) is 7.22. The molecule has 0 fully saturated rings. The minimum absolute atomic E-state index is 0.0434. The van der Waals surface area contributed by atoms with Crippen LogP contribution in [-0.2, 0) is 0 Å². The Morgan fingerprint density at radius 2 is 0.744 bits per heavy atom. The molecule has 0 N–H and O–H groups in total. The van der Waals surface area contributed by atoms with Crippen molar-refractivity contribution in [3.8, 4) is 83.8 Å². The predicted octanol–water partition coefficient (Wildman–Crippen LogP) is 17.1. The van der Waals surface area contributed by atoms with E-state index in [-0.39, 0.29) is 6.71 Å². The fourth-order valence-corrected chi connectivity index (χ4v) is 15.7. The van der Waals surface area contributed by atoms with Gasteiger partial charge in [-0.05, 0) is 153 Å². The van der Waals surface area contributed by atoms with E-state index < -0.39 is 0 Å². The molecular weight excluding hydrogens is 942 g/mol. The van der Waals surface area contributed by atoms with Crippen molar-refractivity contribution in [1.29, 1.82) is 0 Å². The first-order valence-electron chi connectivity index (χ1n) is 27.4. The third-order valence-electron chi connectivity index (χ3n) is 18.6. The van der Waals surface area contributed by atoms with Crippen LogP contribution in [0, 0.1) is 0 Å². The van der Waals surface area contributed by atoms with Crippen LogP contribution in [0.4, 0.5) is 0 Å². The zero-order chi connectivity index (χ0) is 50.2. The summed E-state index contributed by atoms with van der Waals surface area (Å²) in [4.78, 5) is 0. The van der Waals surface area contributed by atoms with Crippen molar-refractivity contribution in [2.75, 3.05) is 0 Å². The molecule has 3 nitrogen and oxygen atoms in total. The maximum Gasteiger partial charge on any atom is 0.252 e. The summed E-state index contributed by atoms with van der Waals surface area (Å²) in [5.74, 6) is 0. The molecule has 3 aromatic heterocycles. The van der Waals surface area contributed by atoms with E-state index in [1.807, 2.05) is 0 Å². The molecule has 0 spiro atoms. The molecule has 354 valence electrons. The Morgan fingerprint density at radius 3 is 1.36 bits per heavy atom. The molecule has 13 aromatic carbocycles. The number of hydrogen-bond donors (Lipinski definition) is 0. The maximum atomic E-state index is 2.69. The van der Waals surface area contributed by atoms with Crippen LogP contribution in [0.2, 0.25) is 0 Å². The SMILES string of the molecule is c1ccc(-c2ccc3c(c2)c2cc(-c4ccccc4)ccc2n3-c2cc3c4c(c2)-n2c5cccc6c5c5c7c(cccc7cc(c52)B4c2ccc4c5c7c8c(cccc8ccc7n-3c25)-c2ccccc2-4)-c2ccccc2-6)cc1. The molecule has 0 amide bonds. The molecule has 20 rings (SSSR count). The summed E-state index contributed by atoms with van der Waals surface area (Å²) in [6.45, 7) is -0.0434. The molecule has 0 atom stereocenters. The first-order valence-corrected chi connectivity index (χ1v) is 27.4. The molecule has 2 aliphatic carbocycles. The van der Waals surface area contributed by atoms with Crippen LogP contribution in [0.3, 0.4) is 0 Å².